The molecule has 4 heterocycles. The fourth-order valence-corrected chi connectivity index (χ4v) is 5.98. The van der Waals surface area contributed by atoms with Crippen molar-refractivity contribution in [2.24, 2.45) is 11.8 Å². The molecule has 4 rings (SSSR count). The molecule has 2 saturated heterocycles. The number of nitrogens with zero attached hydrogens (tertiary/aromatic N) is 3. The van der Waals surface area contributed by atoms with Crippen molar-refractivity contribution in [2.75, 3.05) is 45.9 Å². The normalized spacial score (nSPS) is 15.6. The Bertz CT molecular complexity index is 1840. The van der Waals surface area contributed by atoms with Gasteiger partial charge in [-0.1, -0.05) is 39.8 Å². The molecule has 2 fully saturated rings. The van der Waals surface area contributed by atoms with Crippen LogP contribution in [-0.4, -0.2) is 116 Å². The molecule has 1 N–H and O–H groups in total. The molecule has 66 heavy (non-hydrogen) atoms. The first-order chi connectivity index (χ1) is 30.2. The molecule has 2 aromatic heterocycles. The van der Waals surface area contributed by atoms with Crippen molar-refractivity contribution in [3.8, 4) is 0 Å². The van der Waals surface area contributed by atoms with Crippen LogP contribution in [0.5, 0.6) is 0 Å². The predicted octanol–water partition coefficient (Wildman–Crippen LogP) is 1.73. The number of carbonyl (C=O) groups is 6. The van der Waals surface area contributed by atoms with E-state index in [4.69, 9.17) is 9.47 Å². The van der Waals surface area contributed by atoms with Crippen molar-refractivity contribution < 1.29 is 91.0 Å². The average molecular weight is 968 g/mol. The van der Waals surface area contributed by atoms with Crippen LogP contribution in [-0.2, 0) is 65.5 Å². The molecule has 4 atom stereocenters. The van der Waals surface area contributed by atoms with E-state index in [-0.39, 0.29) is 83.9 Å². The van der Waals surface area contributed by atoms with Gasteiger partial charge in [-0.3, -0.25) is 14.4 Å². The number of aromatic nitrogens is 2. The van der Waals surface area contributed by atoms with Gasteiger partial charge in [0.05, 0.1) is 13.2 Å². The number of hydrogen-bond donors (Lipinski definition) is 1. The van der Waals surface area contributed by atoms with Crippen molar-refractivity contribution in [1.29, 1.82) is 0 Å². The van der Waals surface area contributed by atoms with Crippen molar-refractivity contribution in [1.82, 2.24) is 19.4 Å². The maximum Gasteiger partial charge on any atom is 1.00 e. The van der Waals surface area contributed by atoms with E-state index < -0.39 is 48.3 Å². The van der Waals surface area contributed by atoms with Gasteiger partial charge in [-0.2, -0.15) is 0 Å². The second-order valence-corrected chi connectivity index (χ2v) is 15.5. The molecule has 0 spiro atoms. The van der Waals surface area contributed by atoms with Gasteiger partial charge in [0.1, 0.15) is 30.7 Å². The summed E-state index contributed by atoms with van der Waals surface area (Å²) in [5.74, 6) is -2.02. The number of rotatable bonds is 15. The largest absolute Gasteiger partial charge is 1.00 e. The summed E-state index contributed by atoms with van der Waals surface area (Å²) in [4.78, 5) is 98.1. The number of hydrogen-bond acceptors (Lipinski definition) is 15. The summed E-state index contributed by atoms with van der Waals surface area (Å²) in [6, 6.07) is 5.03. The number of aldehydes is 1. The van der Waals surface area contributed by atoms with Gasteiger partial charge in [-0.05, 0) is 75.5 Å². The van der Waals surface area contributed by atoms with E-state index in [2.05, 4.69) is 32.7 Å². The number of pyridine rings is 2. The quantitative estimate of drug-likeness (QED) is 0.0887. The molecule has 2 aliphatic rings. The Labute approximate surface area is 416 Å². The summed E-state index contributed by atoms with van der Waals surface area (Å²) in [7, 11) is 4.32. The van der Waals surface area contributed by atoms with Gasteiger partial charge in [0.25, 0.3) is 11.1 Å². The molecular weight excluding hydrogens is 900 g/mol. The van der Waals surface area contributed by atoms with Crippen LogP contribution in [0.3, 0.4) is 0 Å². The third kappa shape index (κ3) is 30.4. The summed E-state index contributed by atoms with van der Waals surface area (Å²) < 4.78 is 41.8. The third-order valence-electron chi connectivity index (χ3n) is 8.87. The van der Waals surface area contributed by atoms with Crippen LogP contribution >= 0.6 is 12.4 Å². The first kappa shape index (κ1) is 66.3. The van der Waals surface area contributed by atoms with Crippen LogP contribution in [0.25, 0.3) is 0 Å². The molecule has 22 heteroatoms. The van der Waals surface area contributed by atoms with Crippen molar-refractivity contribution >= 4 is 56.6 Å². The van der Waals surface area contributed by atoms with Crippen LogP contribution < -0.4 is 46.0 Å². The minimum Gasteiger partial charge on any atom is -0.793 e. The molecule has 0 saturated carbocycles. The average Bonchev–Trinajstić information content (AvgIpc) is 3.90. The molecular formula is C44H68BClF2N4NaO13. The molecule has 0 aliphatic carbocycles. The fraction of sp³-hybridized carbons (Fsp3) is 0.636. The zero-order valence-electron chi connectivity index (χ0n) is 40.1. The van der Waals surface area contributed by atoms with Crippen LogP contribution in [0.2, 0.25) is 0 Å². The van der Waals surface area contributed by atoms with Gasteiger partial charge in [0.15, 0.2) is 0 Å². The van der Waals surface area contributed by atoms with Gasteiger partial charge in [0.2, 0.25) is 5.97 Å². The van der Waals surface area contributed by atoms with Crippen molar-refractivity contribution in [2.45, 2.75) is 125 Å². The first-order valence-corrected chi connectivity index (χ1v) is 21.3. The van der Waals surface area contributed by atoms with E-state index in [1.54, 1.807) is 38.4 Å². The van der Waals surface area contributed by atoms with E-state index >= 15 is 0 Å². The zero-order chi connectivity index (χ0) is 48.8. The minimum atomic E-state index is -0.729. The molecule has 0 aromatic carbocycles. The minimum absolute atomic E-state index is 0. The third-order valence-corrected chi connectivity index (χ3v) is 8.87. The van der Waals surface area contributed by atoms with Gasteiger partial charge in [-0.25, -0.2) is 37.7 Å². The Hall–Kier alpha value is -3.95. The Morgan fingerprint density at radius 1 is 0.773 bits per heavy atom. The number of alkyl halides is 2. The monoisotopic (exact) mass is 967 g/mol. The van der Waals surface area contributed by atoms with E-state index in [1.807, 2.05) is 27.7 Å². The SMILES string of the molecule is CC(=O)OOC(C)=O.CCOC(=O)C(CC(C)C)n1cc(CC=O)ccc1=O.CCOC(=O)C(CC(C)C)n1cc(CCN2CC[C@@H](F)C2)ccc1=O.Cl.F[C@@H]1CCNC1.[B-]OC(C)=O.[Na+]. The van der Waals surface area contributed by atoms with E-state index in [9.17, 15) is 47.1 Å². The molecule has 0 bridgehead atoms. The fourth-order valence-electron chi connectivity index (χ4n) is 5.98. The van der Waals surface area contributed by atoms with Gasteiger partial charge >= 0.3 is 53.4 Å². The Kier molecular flexibility index (Phi) is 38.3. The van der Waals surface area contributed by atoms with Gasteiger partial charge in [0, 0.05) is 77.9 Å². The van der Waals surface area contributed by atoms with Crippen molar-refractivity contribution in [3.05, 3.63) is 68.5 Å². The molecule has 17 nitrogen and oxygen atoms in total. The maximum atomic E-state index is 13.3. The molecule has 2 aromatic rings. The Morgan fingerprint density at radius 3 is 1.55 bits per heavy atom. The molecule has 2 aliphatic heterocycles. The molecule has 3 radical (unpaired) electrons. The predicted molar refractivity (Wildman–Crippen MR) is 242 cm³/mol. The van der Waals surface area contributed by atoms with Crippen molar-refractivity contribution in [3.63, 3.8) is 0 Å². The van der Waals surface area contributed by atoms with Gasteiger partial charge < -0.3 is 46.3 Å². The van der Waals surface area contributed by atoms with Gasteiger partial charge in [-0.15, -0.1) is 12.4 Å². The van der Waals surface area contributed by atoms with E-state index in [0.717, 1.165) is 51.8 Å². The summed E-state index contributed by atoms with van der Waals surface area (Å²) in [6.07, 6.45) is 6.13. The number of likely N-dealkylation sites (tertiary alicyclic amines) is 1. The number of carbonyl (C=O) groups excluding carboxylic acids is 6. The van der Waals surface area contributed by atoms with Crippen LogP contribution in [0.15, 0.2) is 46.2 Å². The number of halogens is 3. The Balaban J connectivity index is -0.000000854. The van der Waals surface area contributed by atoms with E-state index in [1.165, 1.54) is 28.2 Å². The van der Waals surface area contributed by atoms with Crippen LogP contribution in [0, 0.1) is 11.8 Å². The standard InChI is InChI=1S/C19H29FN2O3.C15H21NO4.C4H8FN.C4H6O4.C2H3BO2.ClH.Na/c1-4-25-19(24)17(11-14(2)3)22-12-15(5-6-18(22)23)7-9-21-10-8-16(20)13-21;1-4-20-15(19)13(9-11(2)3)16-10-12(7-8-17)5-6-14(16)18;5-4-1-2-6-3-4;1-3(5)7-8-4(2)6;1-2(4)5-3;;/h5-6,12,14,16-17H,4,7-11,13H2,1-3H3;5-6,8,10-11,13H,4,7,9H2,1-3H3;4,6H,1-3H2;1-2H3;1H3;1H;/q;;;;-1;;+1/t16-,17?;;4-;;;;/m1.1..../s1. The Morgan fingerprint density at radius 2 is 1.23 bits per heavy atom. The second-order valence-electron chi connectivity index (χ2n) is 15.5. The summed E-state index contributed by atoms with van der Waals surface area (Å²) in [5.41, 5.74) is 1.21. The zero-order valence-corrected chi connectivity index (χ0v) is 42.9. The number of nitrogens with one attached hydrogen (secondary N) is 1. The summed E-state index contributed by atoms with van der Waals surface area (Å²) in [5, 5.41) is 2.90. The maximum absolute atomic E-state index is 13.3. The molecule has 0 amide bonds. The number of ether oxygens (including phenoxy) is 2. The number of esters is 2. The first-order valence-electron chi connectivity index (χ1n) is 21.3. The van der Waals surface area contributed by atoms with E-state index in [0.29, 0.717) is 50.9 Å². The van der Waals surface area contributed by atoms with Crippen LogP contribution in [0.4, 0.5) is 8.78 Å². The molecule has 2 unspecified atom stereocenters. The topological polar surface area (TPSA) is 208 Å². The summed E-state index contributed by atoms with van der Waals surface area (Å²) >= 11 is 0. The summed E-state index contributed by atoms with van der Waals surface area (Å²) in [6.45, 7) is 19.0. The van der Waals surface area contributed by atoms with Crippen LogP contribution in [0.1, 0.15) is 111 Å². The molecule has 367 valence electrons. The second kappa shape index (κ2) is 38.1. The smallest absolute Gasteiger partial charge is 0.793 e.